The summed E-state index contributed by atoms with van der Waals surface area (Å²) in [7, 11) is 0. The van der Waals surface area contributed by atoms with Gasteiger partial charge in [-0.3, -0.25) is 0 Å². The first-order chi connectivity index (χ1) is 11.2. The molecule has 0 radical (unpaired) electrons. The van der Waals surface area contributed by atoms with Gasteiger partial charge in [0.2, 0.25) is 0 Å². The monoisotopic (exact) mass is 348 g/mol. The molecule has 0 N–H and O–H groups in total. The van der Waals surface area contributed by atoms with Gasteiger partial charge < -0.3 is 4.57 Å². The van der Waals surface area contributed by atoms with Crippen LogP contribution in [-0.2, 0) is 6.54 Å². The summed E-state index contributed by atoms with van der Waals surface area (Å²) in [6.45, 7) is 0.165. The Hall–Kier alpha value is -2.06. The number of halogens is 2. The van der Waals surface area contributed by atoms with E-state index >= 15 is 0 Å². The van der Waals surface area contributed by atoms with Crippen LogP contribution in [0.2, 0.25) is 0 Å². The number of thiazole rings is 1. The average molecular weight is 348 g/mol. The highest BCUT2D eigenvalue weighted by Gasteiger charge is 2.18. The zero-order valence-corrected chi connectivity index (χ0v) is 13.6. The Kier molecular flexibility index (Phi) is 3.50. The second-order valence-corrected chi connectivity index (χ2v) is 6.96. The lowest BCUT2D eigenvalue weighted by Gasteiger charge is -2.06. The topological polar surface area (TPSA) is 43.6 Å². The van der Waals surface area contributed by atoms with E-state index in [1.54, 1.807) is 23.2 Å². The molecule has 0 aliphatic carbocycles. The molecule has 3 heterocycles. The Morgan fingerprint density at radius 2 is 2.17 bits per heavy atom. The molecule has 0 saturated carbocycles. The van der Waals surface area contributed by atoms with Crippen LogP contribution < -0.4 is 0 Å². The highest BCUT2D eigenvalue weighted by atomic mass is 32.2. The molecule has 116 valence electrons. The van der Waals surface area contributed by atoms with Gasteiger partial charge in [-0.25, -0.2) is 23.7 Å². The van der Waals surface area contributed by atoms with Gasteiger partial charge in [0.15, 0.2) is 15.8 Å². The normalized spacial score (nSPS) is 11.6. The molecule has 0 unspecified atom stereocenters. The van der Waals surface area contributed by atoms with Gasteiger partial charge in [0.1, 0.15) is 16.9 Å². The molecule has 4 nitrogen and oxygen atoms in total. The number of fused-ring (bicyclic) bond motifs is 2. The fourth-order valence-corrected chi connectivity index (χ4v) is 3.98. The maximum Gasteiger partial charge on any atom is 0.160 e. The van der Waals surface area contributed by atoms with Crippen LogP contribution in [0.25, 0.3) is 21.4 Å². The molecule has 0 aliphatic rings. The van der Waals surface area contributed by atoms with Crippen LogP contribution in [0.3, 0.4) is 0 Å². The number of hydrogen-bond donors (Lipinski definition) is 0. The SMILES string of the molecule is CSc1nc2c(F)cc(Cn3cnc4cccnc43)c(F)c2s1. The molecule has 4 aromatic rings. The fraction of sp³-hybridized carbons (Fsp3) is 0.133. The van der Waals surface area contributed by atoms with Crippen molar-refractivity contribution in [2.24, 2.45) is 0 Å². The lowest BCUT2D eigenvalue weighted by molar-refractivity contribution is 0.594. The highest BCUT2D eigenvalue weighted by molar-refractivity contribution is 8.00. The number of aromatic nitrogens is 4. The maximum atomic E-state index is 14.7. The summed E-state index contributed by atoms with van der Waals surface area (Å²) in [5.41, 5.74) is 1.71. The van der Waals surface area contributed by atoms with Gasteiger partial charge in [-0.15, -0.1) is 11.3 Å². The van der Waals surface area contributed by atoms with Crippen LogP contribution in [-0.4, -0.2) is 25.8 Å². The van der Waals surface area contributed by atoms with Crippen molar-refractivity contribution in [3.05, 3.63) is 47.9 Å². The van der Waals surface area contributed by atoms with Gasteiger partial charge in [0.05, 0.1) is 17.6 Å². The summed E-state index contributed by atoms with van der Waals surface area (Å²) in [5.74, 6) is -0.942. The first kappa shape index (κ1) is 14.5. The van der Waals surface area contributed by atoms with E-state index in [1.807, 2.05) is 12.3 Å². The predicted octanol–water partition coefficient (Wildman–Crippen LogP) is 4.09. The van der Waals surface area contributed by atoms with Crippen LogP contribution in [0.1, 0.15) is 5.56 Å². The largest absolute Gasteiger partial charge is 0.311 e. The third-order valence-electron chi connectivity index (χ3n) is 3.51. The number of imidazole rings is 1. The molecule has 0 aliphatic heterocycles. The third kappa shape index (κ3) is 2.38. The molecule has 0 atom stereocenters. The van der Waals surface area contributed by atoms with Crippen molar-refractivity contribution in [3.63, 3.8) is 0 Å². The Balaban J connectivity index is 1.84. The lowest BCUT2D eigenvalue weighted by Crippen LogP contribution is -2.02. The average Bonchev–Trinajstić information content (AvgIpc) is 3.17. The number of hydrogen-bond acceptors (Lipinski definition) is 5. The van der Waals surface area contributed by atoms with Crippen LogP contribution in [0.4, 0.5) is 8.78 Å². The first-order valence-corrected chi connectivity index (χ1v) is 8.78. The predicted molar refractivity (Wildman–Crippen MR) is 87.9 cm³/mol. The molecule has 23 heavy (non-hydrogen) atoms. The zero-order chi connectivity index (χ0) is 16.0. The molecule has 4 rings (SSSR count). The highest BCUT2D eigenvalue weighted by Crippen LogP contribution is 2.33. The molecule has 0 fully saturated rings. The summed E-state index contributed by atoms with van der Waals surface area (Å²) >= 11 is 2.54. The van der Waals surface area contributed by atoms with Gasteiger partial charge in [-0.05, 0) is 24.5 Å². The number of nitrogens with zero attached hydrogens (tertiary/aromatic N) is 4. The Labute approximate surface area is 138 Å². The summed E-state index contributed by atoms with van der Waals surface area (Å²) in [6.07, 6.45) is 5.06. The van der Waals surface area contributed by atoms with E-state index in [9.17, 15) is 8.78 Å². The molecular weight excluding hydrogens is 338 g/mol. The van der Waals surface area contributed by atoms with E-state index in [0.29, 0.717) is 9.99 Å². The van der Waals surface area contributed by atoms with E-state index < -0.39 is 11.6 Å². The first-order valence-electron chi connectivity index (χ1n) is 6.74. The van der Waals surface area contributed by atoms with Crippen LogP contribution in [0.5, 0.6) is 0 Å². The van der Waals surface area contributed by atoms with Crippen molar-refractivity contribution in [3.8, 4) is 0 Å². The number of benzene rings is 1. The van der Waals surface area contributed by atoms with Crippen LogP contribution >= 0.6 is 23.1 Å². The fourth-order valence-electron chi connectivity index (χ4n) is 2.44. The van der Waals surface area contributed by atoms with E-state index in [0.717, 1.165) is 16.9 Å². The van der Waals surface area contributed by atoms with E-state index in [-0.39, 0.29) is 22.3 Å². The second kappa shape index (κ2) is 5.54. The summed E-state index contributed by atoms with van der Waals surface area (Å²) in [6, 6.07) is 4.82. The standard InChI is InChI=1S/C15H10F2N4S2/c1-22-15-20-12-9(16)5-8(11(17)13(12)23-15)6-21-7-19-10-3-2-4-18-14(10)21/h2-5,7H,6H2,1H3. The van der Waals surface area contributed by atoms with Gasteiger partial charge in [0.25, 0.3) is 0 Å². The summed E-state index contributed by atoms with van der Waals surface area (Å²) < 4.78 is 31.6. The van der Waals surface area contributed by atoms with Gasteiger partial charge in [-0.1, -0.05) is 11.8 Å². The van der Waals surface area contributed by atoms with Crippen LogP contribution in [0, 0.1) is 11.6 Å². The van der Waals surface area contributed by atoms with Crippen molar-refractivity contribution in [1.29, 1.82) is 0 Å². The third-order valence-corrected chi connectivity index (χ3v) is 5.54. The minimum absolute atomic E-state index is 0.0919. The molecule has 0 spiro atoms. The molecular formula is C15H10F2N4S2. The van der Waals surface area contributed by atoms with E-state index in [2.05, 4.69) is 15.0 Å². The van der Waals surface area contributed by atoms with Gasteiger partial charge in [-0.2, -0.15) is 0 Å². The molecule has 8 heteroatoms. The smallest absolute Gasteiger partial charge is 0.160 e. The molecule has 1 aromatic carbocycles. The van der Waals surface area contributed by atoms with E-state index in [1.165, 1.54) is 17.8 Å². The molecule has 0 bridgehead atoms. The number of rotatable bonds is 3. The quantitative estimate of drug-likeness (QED) is 0.523. The minimum atomic E-state index is -0.509. The van der Waals surface area contributed by atoms with Gasteiger partial charge >= 0.3 is 0 Å². The van der Waals surface area contributed by atoms with Crippen molar-refractivity contribution in [2.75, 3.05) is 6.26 Å². The van der Waals surface area contributed by atoms with Crippen LogP contribution in [0.15, 0.2) is 35.1 Å². The van der Waals surface area contributed by atoms with Gasteiger partial charge in [0, 0.05) is 11.8 Å². The summed E-state index contributed by atoms with van der Waals surface area (Å²) in [4.78, 5) is 12.6. The Morgan fingerprint density at radius 3 is 3.00 bits per heavy atom. The molecule has 0 saturated heterocycles. The molecule has 3 aromatic heterocycles. The van der Waals surface area contributed by atoms with Crippen molar-refractivity contribution in [2.45, 2.75) is 10.9 Å². The maximum absolute atomic E-state index is 14.7. The Bertz CT molecular complexity index is 1030. The lowest BCUT2D eigenvalue weighted by atomic mass is 10.2. The van der Waals surface area contributed by atoms with Crippen molar-refractivity contribution in [1.82, 2.24) is 19.5 Å². The number of pyridine rings is 1. The minimum Gasteiger partial charge on any atom is -0.311 e. The zero-order valence-electron chi connectivity index (χ0n) is 12.0. The Morgan fingerprint density at radius 1 is 1.30 bits per heavy atom. The van der Waals surface area contributed by atoms with E-state index in [4.69, 9.17) is 0 Å². The number of thioether (sulfide) groups is 1. The summed E-state index contributed by atoms with van der Waals surface area (Å²) in [5, 5.41) is 0. The van der Waals surface area contributed by atoms with Crippen molar-refractivity contribution >= 4 is 44.5 Å². The second-order valence-electron chi connectivity index (χ2n) is 4.91. The van der Waals surface area contributed by atoms with Crippen molar-refractivity contribution < 1.29 is 8.78 Å². The molecule has 0 amide bonds.